The maximum Gasteiger partial charge on any atom is 0.182 e. The molecule has 0 saturated carbocycles. The fraction of sp³-hybridized carbons (Fsp3) is 0.0476. The molecule has 0 fully saturated rings. The van der Waals surface area contributed by atoms with Gasteiger partial charge in [0.1, 0.15) is 5.58 Å². The van der Waals surface area contributed by atoms with Crippen LogP contribution in [0.1, 0.15) is 22.5 Å². The third-order valence-corrected chi connectivity index (χ3v) is 4.45. The van der Waals surface area contributed by atoms with Gasteiger partial charge in [-0.1, -0.05) is 54.5 Å². The molecule has 0 atom stereocenters. The number of hydrogen-bond donors (Lipinski definition) is 0. The van der Waals surface area contributed by atoms with Gasteiger partial charge in [0.25, 0.3) is 0 Å². The van der Waals surface area contributed by atoms with E-state index in [1.165, 1.54) is 5.56 Å². The molecule has 0 unspecified atom stereocenters. The Morgan fingerprint density at radius 1 is 0.870 bits per heavy atom. The third-order valence-electron chi connectivity index (χ3n) is 3.76. The van der Waals surface area contributed by atoms with Crippen molar-refractivity contribution < 1.29 is 4.42 Å². The smallest absolute Gasteiger partial charge is 0.182 e. The van der Waals surface area contributed by atoms with Crippen LogP contribution in [0.4, 0.5) is 0 Å². The van der Waals surface area contributed by atoms with Gasteiger partial charge in [-0.25, -0.2) is 0 Å². The lowest BCUT2D eigenvalue weighted by Gasteiger charge is -2.00. The average Bonchev–Trinajstić information content (AvgIpc) is 3.22. The molecule has 23 heavy (non-hydrogen) atoms. The highest BCUT2D eigenvalue weighted by atomic mass is 32.1. The molecule has 0 N–H and O–H groups in total. The first-order valence-corrected chi connectivity index (χ1v) is 8.43. The minimum absolute atomic E-state index is 0.765. The summed E-state index contributed by atoms with van der Waals surface area (Å²) in [6.45, 7) is 0. The van der Waals surface area contributed by atoms with E-state index in [-0.39, 0.29) is 0 Å². The molecular weight excluding hydrogens is 300 g/mol. The molecule has 4 rings (SSSR count). The minimum atomic E-state index is 0.765. The van der Waals surface area contributed by atoms with Crippen LogP contribution in [0.2, 0.25) is 0 Å². The Kier molecular flexibility index (Phi) is 3.71. The molecule has 0 aliphatic carbocycles. The van der Waals surface area contributed by atoms with Gasteiger partial charge < -0.3 is 4.42 Å². The number of fused-ring (bicyclic) bond motifs is 1. The van der Waals surface area contributed by atoms with Gasteiger partial charge in [0.2, 0.25) is 0 Å². The first-order valence-electron chi connectivity index (χ1n) is 7.49. The van der Waals surface area contributed by atoms with Crippen molar-refractivity contribution in [3.8, 4) is 11.8 Å². The van der Waals surface area contributed by atoms with E-state index < -0.39 is 0 Å². The standard InChI is InChI=1S/C21H14OS/c1-2-6-16(7-3-1)14-19-18-8-4-5-9-20(18)22-21(19)11-10-17-12-13-23-15-17/h1-9,12-13,15H,14H2. The van der Waals surface area contributed by atoms with Gasteiger partial charge in [0.05, 0.1) is 0 Å². The number of thiophene rings is 1. The fourth-order valence-electron chi connectivity index (χ4n) is 2.64. The Hall–Kier alpha value is -2.76. The lowest BCUT2D eigenvalue weighted by molar-refractivity contribution is 0.597. The Balaban J connectivity index is 1.81. The van der Waals surface area contributed by atoms with Crippen molar-refractivity contribution in [2.24, 2.45) is 0 Å². The largest absolute Gasteiger partial charge is 0.447 e. The topological polar surface area (TPSA) is 13.1 Å². The molecule has 2 aromatic carbocycles. The van der Waals surface area contributed by atoms with E-state index in [1.807, 2.05) is 41.1 Å². The highest BCUT2D eigenvalue weighted by Crippen LogP contribution is 2.27. The second-order valence-corrected chi connectivity index (χ2v) is 6.11. The van der Waals surface area contributed by atoms with Crippen LogP contribution >= 0.6 is 11.3 Å². The Morgan fingerprint density at radius 3 is 2.52 bits per heavy atom. The molecule has 1 nitrogen and oxygen atoms in total. The summed E-state index contributed by atoms with van der Waals surface area (Å²) in [5.41, 5.74) is 4.35. The maximum absolute atomic E-state index is 6.00. The SMILES string of the molecule is C(#Cc1oc2ccccc2c1Cc1ccccc1)c1ccsc1. The lowest BCUT2D eigenvalue weighted by atomic mass is 10.0. The van der Waals surface area contributed by atoms with Gasteiger partial charge in [-0.05, 0) is 29.0 Å². The zero-order valence-corrected chi connectivity index (χ0v) is 13.3. The van der Waals surface area contributed by atoms with E-state index in [0.717, 1.165) is 34.3 Å². The molecule has 4 aromatic rings. The van der Waals surface area contributed by atoms with E-state index in [9.17, 15) is 0 Å². The normalized spacial score (nSPS) is 10.4. The van der Waals surface area contributed by atoms with Gasteiger partial charge in [0.15, 0.2) is 5.76 Å². The zero-order valence-electron chi connectivity index (χ0n) is 12.5. The summed E-state index contributed by atoms with van der Waals surface area (Å²) in [6, 6.07) is 20.6. The number of hydrogen-bond acceptors (Lipinski definition) is 2. The summed E-state index contributed by atoms with van der Waals surface area (Å²) in [7, 11) is 0. The molecule has 2 aromatic heterocycles. The zero-order chi connectivity index (χ0) is 15.5. The summed E-state index contributed by atoms with van der Waals surface area (Å²) in [6.07, 6.45) is 0.825. The highest BCUT2D eigenvalue weighted by Gasteiger charge is 2.12. The van der Waals surface area contributed by atoms with E-state index in [1.54, 1.807) is 11.3 Å². The summed E-state index contributed by atoms with van der Waals surface area (Å²) in [5.74, 6) is 7.18. The number of rotatable bonds is 2. The van der Waals surface area contributed by atoms with Crippen LogP contribution in [-0.2, 0) is 6.42 Å². The molecule has 0 bridgehead atoms. The molecule has 0 saturated heterocycles. The molecular formula is C21H14OS. The average molecular weight is 314 g/mol. The van der Waals surface area contributed by atoms with Crippen molar-refractivity contribution in [3.63, 3.8) is 0 Å². The van der Waals surface area contributed by atoms with Gasteiger partial charge in [-0.3, -0.25) is 0 Å². The molecule has 110 valence electrons. The molecule has 0 radical (unpaired) electrons. The van der Waals surface area contributed by atoms with Gasteiger partial charge >= 0.3 is 0 Å². The quantitative estimate of drug-likeness (QED) is 0.446. The predicted molar refractivity (Wildman–Crippen MR) is 95.8 cm³/mol. The fourth-order valence-corrected chi connectivity index (χ4v) is 3.23. The van der Waals surface area contributed by atoms with Crippen LogP contribution in [0, 0.1) is 11.8 Å². The van der Waals surface area contributed by atoms with Gasteiger partial charge in [-0.2, -0.15) is 11.3 Å². The van der Waals surface area contributed by atoms with Gasteiger partial charge in [0, 0.05) is 28.3 Å². The van der Waals surface area contributed by atoms with E-state index >= 15 is 0 Å². The maximum atomic E-state index is 6.00. The summed E-state index contributed by atoms with van der Waals surface area (Å²) < 4.78 is 6.00. The molecule has 0 spiro atoms. The predicted octanol–water partition coefficient (Wildman–Crippen LogP) is 5.48. The minimum Gasteiger partial charge on any atom is -0.447 e. The van der Waals surface area contributed by atoms with Gasteiger partial charge in [-0.15, -0.1) is 0 Å². The van der Waals surface area contributed by atoms with Crippen molar-refractivity contribution in [1.82, 2.24) is 0 Å². The highest BCUT2D eigenvalue weighted by molar-refractivity contribution is 7.08. The number of para-hydroxylation sites is 1. The van der Waals surface area contributed by atoms with Crippen molar-refractivity contribution in [1.29, 1.82) is 0 Å². The summed E-state index contributed by atoms with van der Waals surface area (Å²) in [4.78, 5) is 0. The van der Waals surface area contributed by atoms with E-state index in [2.05, 4.69) is 42.2 Å². The Morgan fingerprint density at radius 2 is 1.70 bits per heavy atom. The number of benzene rings is 2. The van der Waals surface area contributed by atoms with Crippen LogP contribution in [-0.4, -0.2) is 0 Å². The van der Waals surface area contributed by atoms with Crippen molar-refractivity contribution >= 4 is 22.3 Å². The van der Waals surface area contributed by atoms with Crippen LogP contribution in [0.15, 0.2) is 75.8 Å². The number of furan rings is 1. The van der Waals surface area contributed by atoms with Crippen LogP contribution in [0.25, 0.3) is 11.0 Å². The third kappa shape index (κ3) is 2.92. The first-order chi connectivity index (χ1) is 11.4. The van der Waals surface area contributed by atoms with Crippen molar-refractivity contribution in [2.45, 2.75) is 6.42 Å². The Labute approximate surface area is 139 Å². The monoisotopic (exact) mass is 314 g/mol. The van der Waals surface area contributed by atoms with Crippen molar-refractivity contribution in [3.05, 3.63) is 93.9 Å². The molecule has 0 amide bonds. The molecule has 2 heterocycles. The lowest BCUT2D eigenvalue weighted by Crippen LogP contribution is -1.89. The van der Waals surface area contributed by atoms with E-state index in [0.29, 0.717) is 0 Å². The van der Waals surface area contributed by atoms with Crippen LogP contribution in [0.3, 0.4) is 0 Å². The molecule has 0 aliphatic rings. The van der Waals surface area contributed by atoms with E-state index in [4.69, 9.17) is 4.42 Å². The first kappa shape index (κ1) is 13.9. The van der Waals surface area contributed by atoms with Crippen LogP contribution in [0.5, 0.6) is 0 Å². The van der Waals surface area contributed by atoms with Crippen molar-refractivity contribution in [2.75, 3.05) is 0 Å². The second kappa shape index (κ2) is 6.16. The summed E-state index contributed by atoms with van der Waals surface area (Å²) >= 11 is 1.65. The Bertz CT molecular complexity index is 983. The summed E-state index contributed by atoms with van der Waals surface area (Å²) in [5, 5.41) is 5.23. The second-order valence-electron chi connectivity index (χ2n) is 5.33. The van der Waals surface area contributed by atoms with Crippen LogP contribution < -0.4 is 0 Å². The molecule has 2 heteroatoms. The molecule has 0 aliphatic heterocycles.